The number of nitrogens with one attached hydrogen (secondary N) is 1. The van der Waals surface area contributed by atoms with E-state index < -0.39 is 11.7 Å². The number of carbonyl (C=O) groups excluding carboxylic acids is 1. The predicted molar refractivity (Wildman–Crippen MR) is 106 cm³/mol. The van der Waals surface area contributed by atoms with Crippen molar-refractivity contribution in [3.63, 3.8) is 0 Å². The molecule has 0 spiro atoms. The topological polar surface area (TPSA) is 45.2 Å². The number of hydrogen-bond acceptors (Lipinski definition) is 3. The zero-order valence-electron chi connectivity index (χ0n) is 16.0. The van der Waals surface area contributed by atoms with E-state index >= 15 is 0 Å². The van der Waals surface area contributed by atoms with Gasteiger partial charge in [-0.15, -0.1) is 0 Å². The van der Waals surface area contributed by atoms with Gasteiger partial charge in [0.25, 0.3) is 5.91 Å². The molecule has 1 aliphatic carbocycles. The van der Waals surface area contributed by atoms with E-state index in [0.717, 1.165) is 11.1 Å². The third-order valence-electron chi connectivity index (χ3n) is 5.22. The van der Waals surface area contributed by atoms with Crippen LogP contribution in [0.4, 0.5) is 18.9 Å². The molecule has 2 aromatic rings. The van der Waals surface area contributed by atoms with Gasteiger partial charge in [-0.2, -0.15) is 13.2 Å². The SMILES string of the molecule is CCNc1cc(Cc2cc3c(cc2Cl)C(=O)N(C)C3)nc2c1C(C(F)(F)F)=CC2. The summed E-state index contributed by atoms with van der Waals surface area (Å²) < 4.78 is 40.1. The molecule has 1 amide bonds. The summed E-state index contributed by atoms with van der Waals surface area (Å²) in [5.41, 5.74) is 3.26. The highest BCUT2D eigenvalue weighted by molar-refractivity contribution is 6.31. The van der Waals surface area contributed by atoms with E-state index in [9.17, 15) is 18.0 Å². The number of halogens is 4. The Morgan fingerprint density at radius 2 is 2.03 bits per heavy atom. The number of aromatic nitrogens is 1. The van der Waals surface area contributed by atoms with Crippen LogP contribution < -0.4 is 5.32 Å². The van der Waals surface area contributed by atoms with Crippen molar-refractivity contribution in [1.29, 1.82) is 0 Å². The van der Waals surface area contributed by atoms with Crippen LogP contribution in [0.3, 0.4) is 0 Å². The van der Waals surface area contributed by atoms with E-state index in [2.05, 4.69) is 10.3 Å². The Bertz CT molecular complexity index is 1050. The molecule has 4 rings (SSSR count). The van der Waals surface area contributed by atoms with Crippen molar-refractivity contribution in [2.24, 2.45) is 0 Å². The largest absolute Gasteiger partial charge is 0.416 e. The molecule has 1 aromatic heterocycles. The smallest absolute Gasteiger partial charge is 0.385 e. The number of nitrogens with zero attached hydrogens (tertiary/aromatic N) is 2. The number of amides is 1. The Hall–Kier alpha value is -2.54. The molecule has 2 aliphatic rings. The normalized spacial score (nSPS) is 15.4. The van der Waals surface area contributed by atoms with Gasteiger partial charge < -0.3 is 10.2 Å². The number of anilines is 1. The Morgan fingerprint density at radius 3 is 2.72 bits per heavy atom. The number of allylic oxidation sites excluding steroid dienone is 2. The molecular formula is C21H19ClF3N3O. The highest BCUT2D eigenvalue weighted by Gasteiger charge is 2.40. The maximum atomic E-state index is 13.4. The second-order valence-electron chi connectivity index (χ2n) is 7.27. The van der Waals surface area contributed by atoms with Gasteiger partial charge in [0.15, 0.2) is 0 Å². The summed E-state index contributed by atoms with van der Waals surface area (Å²) in [5, 5.41) is 3.49. The highest BCUT2D eigenvalue weighted by Crippen LogP contribution is 2.43. The first kappa shape index (κ1) is 19.8. The maximum Gasteiger partial charge on any atom is 0.416 e. The van der Waals surface area contributed by atoms with E-state index in [1.807, 2.05) is 13.0 Å². The molecule has 1 aliphatic heterocycles. The lowest BCUT2D eigenvalue weighted by molar-refractivity contribution is -0.0687. The molecule has 1 N–H and O–H groups in total. The molecule has 8 heteroatoms. The lowest BCUT2D eigenvalue weighted by atomic mass is 10.0. The molecule has 0 saturated heterocycles. The van der Waals surface area contributed by atoms with Crippen LogP contribution in [-0.4, -0.2) is 35.6 Å². The second kappa shape index (κ2) is 7.06. The monoisotopic (exact) mass is 421 g/mol. The Balaban J connectivity index is 1.71. The first-order valence-corrected chi connectivity index (χ1v) is 9.68. The summed E-state index contributed by atoms with van der Waals surface area (Å²) in [4.78, 5) is 18.2. The Morgan fingerprint density at radius 1 is 1.28 bits per heavy atom. The van der Waals surface area contributed by atoms with E-state index in [0.29, 0.717) is 47.2 Å². The quantitative estimate of drug-likeness (QED) is 0.768. The Labute approximate surface area is 171 Å². The number of rotatable bonds is 4. The maximum absolute atomic E-state index is 13.4. The van der Waals surface area contributed by atoms with Crippen LogP contribution in [0.2, 0.25) is 5.02 Å². The van der Waals surface area contributed by atoms with E-state index in [4.69, 9.17) is 11.6 Å². The van der Waals surface area contributed by atoms with E-state index in [-0.39, 0.29) is 17.9 Å². The predicted octanol–water partition coefficient (Wildman–Crippen LogP) is 4.85. The van der Waals surface area contributed by atoms with Crippen LogP contribution in [0.15, 0.2) is 24.3 Å². The molecule has 2 heterocycles. The molecule has 0 atom stereocenters. The van der Waals surface area contributed by atoms with Crippen molar-refractivity contribution in [2.75, 3.05) is 18.9 Å². The fraction of sp³-hybridized carbons (Fsp3) is 0.333. The number of benzene rings is 1. The van der Waals surface area contributed by atoms with Crippen molar-refractivity contribution in [2.45, 2.75) is 32.5 Å². The molecular weight excluding hydrogens is 403 g/mol. The summed E-state index contributed by atoms with van der Waals surface area (Å²) in [6.45, 7) is 2.84. The Kier molecular flexibility index (Phi) is 4.81. The standard InChI is InChI=1S/C21H19ClF3N3O/c1-3-26-18-8-13(27-17-5-4-15(19(17)18)21(23,24)25)7-11-6-12-10-28(2)20(29)14(12)9-16(11)22/h4,6,8-9H,3,5,7,10H2,1-2H3,(H,26,27). The van der Waals surface area contributed by atoms with Gasteiger partial charge in [-0.1, -0.05) is 23.7 Å². The van der Waals surface area contributed by atoms with Crippen molar-refractivity contribution < 1.29 is 18.0 Å². The van der Waals surface area contributed by atoms with Crippen LogP contribution in [0.5, 0.6) is 0 Å². The molecule has 0 fully saturated rings. The van der Waals surface area contributed by atoms with Crippen LogP contribution in [0.25, 0.3) is 5.57 Å². The summed E-state index contributed by atoms with van der Waals surface area (Å²) in [6.07, 6.45) is -2.71. The van der Waals surface area contributed by atoms with Crippen molar-refractivity contribution >= 4 is 28.8 Å². The second-order valence-corrected chi connectivity index (χ2v) is 7.68. The lowest BCUT2D eigenvalue weighted by Gasteiger charge is -2.17. The van der Waals surface area contributed by atoms with Crippen molar-refractivity contribution in [3.8, 4) is 0 Å². The fourth-order valence-corrected chi connectivity index (χ4v) is 4.18. The van der Waals surface area contributed by atoms with Crippen LogP contribution in [0.1, 0.15) is 45.4 Å². The third-order valence-corrected chi connectivity index (χ3v) is 5.57. The van der Waals surface area contributed by atoms with Gasteiger partial charge in [-0.05, 0) is 30.2 Å². The molecule has 0 bridgehead atoms. The minimum absolute atomic E-state index is 0.0655. The van der Waals surface area contributed by atoms with Crippen LogP contribution in [-0.2, 0) is 19.4 Å². The molecule has 1 aromatic carbocycles. The minimum Gasteiger partial charge on any atom is -0.385 e. The first-order valence-electron chi connectivity index (χ1n) is 9.30. The van der Waals surface area contributed by atoms with Gasteiger partial charge >= 0.3 is 6.18 Å². The van der Waals surface area contributed by atoms with Gasteiger partial charge in [0.2, 0.25) is 0 Å². The fourth-order valence-electron chi connectivity index (χ4n) is 3.95. The third kappa shape index (κ3) is 3.48. The molecule has 29 heavy (non-hydrogen) atoms. The zero-order chi connectivity index (χ0) is 20.9. The van der Waals surface area contributed by atoms with Gasteiger partial charge in [0.1, 0.15) is 0 Å². The lowest BCUT2D eigenvalue weighted by Crippen LogP contribution is -2.17. The summed E-state index contributed by atoms with van der Waals surface area (Å²) in [6, 6.07) is 5.22. The van der Waals surface area contributed by atoms with E-state index in [1.54, 1.807) is 24.1 Å². The zero-order valence-corrected chi connectivity index (χ0v) is 16.7. The van der Waals surface area contributed by atoms with E-state index in [1.165, 1.54) is 6.08 Å². The number of pyridine rings is 1. The minimum atomic E-state index is -4.42. The summed E-state index contributed by atoms with van der Waals surface area (Å²) >= 11 is 6.40. The van der Waals surface area contributed by atoms with Crippen molar-refractivity contribution in [3.05, 3.63) is 62.9 Å². The average molecular weight is 422 g/mol. The number of alkyl halides is 3. The van der Waals surface area contributed by atoms with Crippen LogP contribution >= 0.6 is 11.6 Å². The summed E-state index contributed by atoms with van der Waals surface area (Å²) in [5.74, 6) is -0.0655. The molecule has 0 saturated carbocycles. The highest BCUT2D eigenvalue weighted by atomic mass is 35.5. The first-order chi connectivity index (χ1) is 13.7. The number of carbonyl (C=O) groups is 1. The van der Waals surface area contributed by atoms with Crippen molar-refractivity contribution in [1.82, 2.24) is 9.88 Å². The number of fused-ring (bicyclic) bond motifs is 2. The molecule has 0 unspecified atom stereocenters. The molecule has 4 nitrogen and oxygen atoms in total. The average Bonchev–Trinajstić information content (AvgIpc) is 3.18. The van der Waals surface area contributed by atoms with Gasteiger partial charge in [0.05, 0.1) is 11.3 Å². The molecule has 152 valence electrons. The van der Waals surface area contributed by atoms with Crippen LogP contribution in [0, 0.1) is 0 Å². The van der Waals surface area contributed by atoms with Gasteiger partial charge in [-0.3, -0.25) is 9.78 Å². The summed E-state index contributed by atoms with van der Waals surface area (Å²) in [7, 11) is 1.73. The number of hydrogen-bond donors (Lipinski definition) is 1. The molecule has 0 radical (unpaired) electrons. The van der Waals surface area contributed by atoms with Gasteiger partial charge in [0, 0.05) is 60.5 Å². The van der Waals surface area contributed by atoms with Gasteiger partial charge in [-0.25, -0.2) is 0 Å².